The van der Waals surface area contributed by atoms with E-state index < -0.39 is 17.6 Å². The number of allylic oxidation sites excluding steroid dienone is 5. The van der Waals surface area contributed by atoms with E-state index in [0.717, 1.165) is 29.8 Å². The lowest BCUT2D eigenvalue weighted by molar-refractivity contribution is -0.0882. The Bertz CT molecular complexity index is 1000. The maximum Gasteiger partial charge on any atom is 0.416 e. The second kappa shape index (κ2) is 18.5. The number of halogens is 4. The second-order valence-corrected chi connectivity index (χ2v) is 6.46. The second-order valence-electron chi connectivity index (χ2n) is 6.46. The van der Waals surface area contributed by atoms with Crippen LogP contribution in [0.3, 0.4) is 0 Å². The molecule has 0 aromatic carbocycles. The Morgan fingerprint density at radius 2 is 1.92 bits per heavy atom. The van der Waals surface area contributed by atoms with Crippen LogP contribution < -0.4 is 16.5 Å². The molecule has 4 N–H and O–H groups in total. The van der Waals surface area contributed by atoms with Crippen molar-refractivity contribution < 1.29 is 17.6 Å². The van der Waals surface area contributed by atoms with Gasteiger partial charge in [0.15, 0.2) is 11.7 Å². The van der Waals surface area contributed by atoms with Gasteiger partial charge in [-0.25, -0.2) is 15.2 Å². The monoisotopic (exact) mass is 524 g/mol. The summed E-state index contributed by atoms with van der Waals surface area (Å²) in [4.78, 5) is 11.6. The lowest BCUT2D eigenvalue weighted by atomic mass is 10.2. The summed E-state index contributed by atoms with van der Waals surface area (Å²) in [6.45, 7) is 10.3. The number of aliphatic imine (C=N–C) groups is 2. The Balaban J connectivity index is 0.00000308. The van der Waals surface area contributed by atoms with Crippen molar-refractivity contribution in [3.63, 3.8) is 0 Å². The molecule has 12 heteroatoms. The predicted molar refractivity (Wildman–Crippen MR) is 145 cm³/mol. The van der Waals surface area contributed by atoms with E-state index in [4.69, 9.17) is 5.84 Å². The Labute approximate surface area is 216 Å². The molecule has 0 unspecified atom stereocenters. The van der Waals surface area contributed by atoms with Gasteiger partial charge in [0.25, 0.3) is 0 Å². The molecule has 1 heterocycles. The molecule has 204 valence electrons. The summed E-state index contributed by atoms with van der Waals surface area (Å²) in [6, 6.07) is 3.23. The number of anilines is 1. The molecule has 0 saturated carbocycles. The summed E-state index contributed by atoms with van der Waals surface area (Å²) in [5.41, 5.74) is 0.501. The molecule has 0 amide bonds. The van der Waals surface area contributed by atoms with E-state index in [0.29, 0.717) is 30.0 Å². The van der Waals surface area contributed by atoms with Gasteiger partial charge in [0.05, 0.1) is 35.6 Å². The summed E-state index contributed by atoms with van der Waals surface area (Å²) in [6.07, 6.45) is 5.91. The van der Waals surface area contributed by atoms with Crippen LogP contribution in [0.5, 0.6) is 0 Å². The van der Waals surface area contributed by atoms with Crippen LogP contribution in [0.4, 0.5) is 23.2 Å². The molecule has 0 spiro atoms. The molecule has 0 saturated heterocycles. The summed E-state index contributed by atoms with van der Waals surface area (Å²) in [5.74, 6) is 5.04. The highest BCUT2D eigenvalue weighted by atomic mass is 19.4. The van der Waals surface area contributed by atoms with Crippen molar-refractivity contribution in [2.45, 2.75) is 47.2 Å². The van der Waals surface area contributed by atoms with Gasteiger partial charge in [-0.2, -0.15) is 23.4 Å². The van der Waals surface area contributed by atoms with Crippen molar-refractivity contribution in [3.05, 3.63) is 71.6 Å². The highest BCUT2D eigenvalue weighted by Gasteiger charge is 2.32. The fraction of sp³-hybridized carbons (Fsp3) is 0.360. The van der Waals surface area contributed by atoms with Gasteiger partial charge in [-0.15, -0.1) is 0 Å². The average molecular weight is 525 g/mol. The Kier molecular flexibility index (Phi) is 16.6. The van der Waals surface area contributed by atoms with Crippen molar-refractivity contribution in [2.75, 3.05) is 18.9 Å². The van der Waals surface area contributed by atoms with Crippen molar-refractivity contribution in [1.82, 2.24) is 15.4 Å². The number of pyridine rings is 1. The van der Waals surface area contributed by atoms with Gasteiger partial charge in [-0.1, -0.05) is 45.9 Å². The van der Waals surface area contributed by atoms with Crippen LogP contribution in [-0.2, 0) is 0 Å². The van der Waals surface area contributed by atoms with Crippen LogP contribution in [0, 0.1) is 0 Å². The smallest absolute Gasteiger partial charge is 0.368 e. The number of nitrogens with two attached hydrogens (primary N) is 1. The quantitative estimate of drug-likeness (QED) is 0.130. The zero-order valence-corrected chi connectivity index (χ0v) is 22.0. The minimum Gasteiger partial charge on any atom is -0.368 e. The zero-order chi connectivity index (χ0) is 28.3. The van der Waals surface area contributed by atoms with Gasteiger partial charge in [0.1, 0.15) is 6.34 Å². The highest BCUT2D eigenvalue weighted by Crippen LogP contribution is 2.29. The molecule has 2 rings (SSSR count). The fourth-order valence-corrected chi connectivity index (χ4v) is 2.47. The Morgan fingerprint density at radius 1 is 1.22 bits per heavy atom. The van der Waals surface area contributed by atoms with Gasteiger partial charge in [-0.3, -0.25) is 9.98 Å². The molecule has 1 aromatic rings. The number of nitrogens with zero attached hydrogens (tertiary/aromatic N) is 5. The molecule has 0 atom stereocenters. The van der Waals surface area contributed by atoms with Gasteiger partial charge < -0.3 is 10.6 Å². The molecule has 0 aliphatic heterocycles. The lowest BCUT2D eigenvalue weighted by Crippen LogP contribution is -2.24. The number of amidine groups is 1. The summed E-state index contributed by atoms with van der Waals surface area (Å²) < 4.78 is 52.8. The lowest BCUT2D eigenvalue weighted by Gasteiger charge is -2.10. The molecule has 8 nitrogen and oxygen atoms in total. The minimum atomic E-state index is -4.43. The third-order valence-electron chi connectivity index (χ3n) is 3.97. The van der Waals surface area contributed by atoms with Gasteiger partial charge in [0, 0.05) is 19.3 Å². The number of rotatable bonds is 8. The average Bonchev–Trinajstić information content (AvgIpc) is 3.15. The summed E-state index contributed by atoms with van der Waals surface area (Å²) in [5, 5.41) is 10.4. The van der Waals surface area contributed by atoms with Crippen molar-refractivity contribution in [3.8, 4) is 0 Å². The highest BCUT2D eigenvalue weighted by molar-refractivity contribution is 5.96. The van der Waals surface area contributed by atoms with Gasteiger partial charge in [0.2, 0.25) is 0 Å². The molecular formula is C25H36F4N8. The van der Waals surface area contributed by atoms with Crippen LogP contribution in [0.15, 0.2) is 81.0 Å². The standard InChI is InChI=1S/C21H24F4N8.2C2H6/c1-3-29-20(27-2)19(22)13-28-14-33(26)31-12-17-8-9-18(11-30-17)32-16-7-5-4-6-15(10-16)21(23,24)25;2*1-2/h4,6-14,32H,3,5,26H2,1-2H3,(H,27,29);2*1-2H3/b19-13+,28-14?,31-12+;;. The topological polar surface area (TPSA) is 103 Å². The molecular weight excluding hydrogens is 488 g/mol. The van der Waals surface area contributed by atoms with Gasteiger partial charge >= 0.3 is 6.18 Å². The normalized spacial score (nSPS) is 14.1. The van der Waals surface area contributed by atoms with E-state index in [-0.39, 0.29) is 5.84 Å². The molecule has 0 fully saturated rings. The van der Waals surface area contributed by atoms with Crippen LogP contribution in [-0.4, -0.2) is 48.3 Å². The van der Waals surface area contributed by atoms with Crippen molar-refractivity contribution in [2.24, 2.45) is 20.9 Å². The van der Waals surface area contributed by atoms with E-state index in [2.05, 4.69) is 30.7 Å². The number of aromatic nitrogens is 1. The number of alkyl halides is 3. The summed E-state index contributed by atoms with van der Waals surface area (Å²) in [7, 11) is 1.45. The van der Waals surface area contributed by atoms with E-state index in [1.807, 2.05) is 27.7 Å². The third kappa shape index (κ3) is 13.2. The van der Waals surface area contributed by atoms with E-state index in [1.165, 1.54) is 25.5 Å². The first kappa shape index (κ1) is 33.2. The number of hydrazone groups is 1. The SMILES string of the molecule is CC.CC.CCNC(=NC)/C(F)=C\N=CN(N)/N=C/c1ccc(NC2=CCC=CC(C(F)(F)F)=C2)cn1. The van der Waals surface area contributed by atoms with Crippen molar-refractivity contribution in [1.29, 1.82) is 0 Å². The van der Waals surface area contributed by atoms with Crippen LogP contribution in [0.25, 0.3) is 0 Å². The Hall–Kier alpha value is -3.80. The Morgan fingerprint density at radius 3 is 2.49 bits per heavy atom. The maximum absolute atomic E-state index is 13.8. The molecule has 1 aliphatic rings. The van der Waals surface area contributed by atoms with Crippen LogP contribution in [0.2, 0.25) is 0 Å². The number of hydrogen-bond donors (Lipinski definition) is 3. The van der Waals surface area contributed by atoms with E-state index >= 15 is 0 Å². The molecule has 1 aliphatic carbocycles. The van der Waals surface area contributed by atoms with Crippen molar-refractivity contribution >= 4 is 24.1 Å². The first-order chi connectivity index (χ1) is 17.7. The largest absolute Gasteiger partial charge is 0.416 e. The molecule has 0 bridgehead atoms. The number of nitrogens with one attached hydrogen (secondary N) is 2. The first-order valence-electron chi connectivity index (χ1n) is 11.8. The number of likely N-dealkylation sites (N-methyl/N-ethyl adjacent to an activating group) is 1. The number of hydrazine groups is 1. The number of hydrogen-bond acceptors (Lipinski definition) is 6. The minimum absolute atomic E-state index is 0.0700. The first-order valence-corrected chi connectivity index (χ1v) is 11.8. The van der Waals surface area contributed by atoms with Crippen LogP contribution in [0.1, 0.15) is 46.7 Å². The van der Waals surface area contributed by atoms with E-state index in [9.17, 15) is 17.6 Å². The molecule has 0 radical (unpaired) electrons. The molecule has 1 aromatic heterocycles. The van der Waals surface area contributed by atoms with Gasteiger partial charge in [-0.05, 0) is 31.6 Å². The predicted octanol–water partition coefficient (Wildman–Crippen LogP) is 5.87. The zero-order valence-electron chi connectivity index (χ0n) is 22.0. The summed E-state index contributed by atoms with van der Waals surface area (Å²) >= 11 is 0. The maximum atomic E-state index is 13.8. The van der Waals surface area contributed by atoms with Crippen LogP contribution >= 0.6 is 0 Å². The molecule has 37 heavy (non-hydrogen) atoms. The van der Waals surface area contributed by atoms with E-state index in [1.54, 1.807) is 25.1 Å². The third-order valence-corrected chi connectivity index (χ3v) is 3.97. The fourth-order valence-electron chi connectivity index (χ4n) is 2.47.